The zero-order chi connectivity index (χ0) is 23.4. The predicted octanol–water partition coefficient (Wildman–Crippen LogP) is 6.85. The highest BCUT2D eigenvalue weighted by Crippen LogP contribution is 2.31. The van der Waals surface area contributed by atoms with Crippen LogP contribution < -0.4 is 5.32 Å². The second kappa shape index (κ2) is 9.86. The van der Waals surface area contributed by atoms with Crippen molar-refractivity contribution in [3.8, 4) is 22.6 Å². The van der Waals surface area contributed by atoms with Crippen LogP contribution in [0.4, 0.5) is 0 Å². The molecule has 168 valence electrons. The topological polar surface area (TPSA) is 46.9 Å². The van der Waals surface area contributed by atoms with E-state index in [1.165, 1.54) is 5.56 Å². The molecule has 1 unspecified atom stereocenters. The Kier molecular flexibility index (Phi) is 6.74. The number of imidazole rings is 1. The van der Waals surface area contributed by atoms with Gasteiger partial charge in [-0.2, -0.15) is 0 Å². The lowest BCUT2D eigenvalue weighted by molar-refractivity contribution is 0.0931. The molecule has 1 amide bonds. The molecule has 1 aromatic heterocycles. The molecule has 0 aliphatic carbocycles. The first-order chi connectivity index (χ1) is 16.0. The summed E-state index contributed by atoms with van der Waals surface area (Å²) < 4.78 is 2.02. The van der Waals surface area contributed by atoms with Crippen molar-refractivity contribution < 1.29 is 4.79 Å². The van der Waals surface area contributed by atoms with E-state index in [9.17, 15) is 4.79 Å². The van der Waals surface area contributed by atoms with Gasteiger partial charge < -0.3 is 9.88 Å². The van der Waals surface area contributed by atoms with Crippen LogP contribution in [0.1, 0.15) is 61.3 Å². The molecule has 0 aliphatic rings. The SMILES string of the molecule is CCn1c(-c2ccccc2)nc(-c2ccc(C(C)C)cc2)c1C(=O)NC(C)c1ccccc1. The summed E-state index contributed by atoms with van der Waals surface area (Å²) in [5, 5.41) is 3.19. The molecule has 1 heterocycles. The van der Waals surface area contributed by atoms with E-state index in [1.54, 1.807) is 0 Å². The third-order valence-electron chi connectivity index (χ3n) is 6.03. The van der Waals surface area contributed by atoms with Crippen molar-refractivity contribution in [1.29, 1.82) is 0 Å². The normalized spacial score (nSPS) is 12.0. The Labute approximate surface area is 196 Å². The quantitative estimate of drug-likeness (QED) is 0.344. The van der Waals surface area contributed by atoms with Crippen molar-refractivity contribution in [2.45, 2.75) is 46.2 Å². The van der Waals surface area contributed by atoms with Crippen molar-refractivity contribution in [1.82, 2.24) is 14.9 Å². The largest absolute Gasteiger partial charge is 0.344 e. The maximum atomic E-state index is 13.7. The minimum atomic E-state index is -0.120. The van der Waals surface area contributed by atoms with Crippen LogP contribution in [0.15, 0.2) is 84.9 Å². The highest BCUT2D eigenvalue weighted by Gasteiger charge is 2.25. The summed E-state index contributed by atoms with van der Waals surface area (Å²) in [7, 11) is 0. The van der Waals surface area contributed by atoms with E-state index in [2.05, 4.69) is 50.4 Å². The number of aromatic nitrogens is 2. The van der Waals surface area contributed by atoms with Gasteiger partial charge in [-0.15, -0.1) is 0 Å². The Bertz CT molecular complexity index is 1210. The molecule has 0 fully saturated rings. The molecule has 0 spiro atoms. The Hall–Kier alpha value is -3.66. The van der Waals surface area contributed by atoms with Gasteiger partial charge >= 0.3 is 0 Å². The Balaban J connectivity index is 1.81. The van der Waals surface area contributed by atoms with Crippen molar-refractivity contribution in [3.63, 3.8) is 0 Å². The van der Waals surface area contributed by atoms with Crippen LogP contribution in [0.2, 0.25) is 0 Å². The van der Waals surface area contributed by atoms with Crippen LogP contribution in [0, 0.1) is 0 Å². The summed E-state index contributed by atoms with van der Waals surface area (Å²) >= 11 is 0. The summed E-state index contributed by atoms with van der Waals surface area (Å²) in [5.41, 5.74) is 5.58. The van der Waals surface area contributed by atoms with E-state index in [4.69, 9.17) is 4.98 Å². The first-order valence-electron chi connectivity index (χ1n) is 11.6. The van der Waals surface area contributed by atoms with Gasteiger partial charge in [-0.3, -0.25) is 4.79 Å². The van der Waals surface area contributed by atoms with Crippen molar-refractivity contribution in [2.75, 3.05) is 0 Å². The molecule has 33 heavy (non-hydrogen) atoms. The van der Waals surface area contributed by atoms with E-state index in [1.807, 2.05) is 72.2 Å². The fourth-order valence-corrected chi connectivity index (χ4v) is 4.12. The van der Waals surface area contributed by atoms with Crippen LogP contribution in [-0.4, -0.2) is 15.5 Å². The van der Waals surface area contributed by atoms with Gasteiger partial charge in [0.25, 0.3) is 5.91 Å². The summed E-state index contributed by atoms with van der Waals surface area (Å²) in [6.07, 6.45) is 0. The molecule has 0 radical (unpaired) electrons. The van der Waals surface area contributed by atoms with Gasteiger partial charge in [0.1, 0.15) is 17.2 Å². The molecule has 4 heteroatoms. The fourth-order valence-electron chi connectivity index (χ4n) is 4.12. The van der Waals surface area contributed by atoms with Gasteiger partial charge in [0.05, 0.1) is 6.04 Å². The zero-order valence-electron chi connectivity index (χ0n) is 19.7. The Morgan fingerprint density at radius 1 is 0.818 bits per heavy atom. The number of rotatable bonds is 7. The van der Waals surface area contributed by atoms with Gasteiger partial charge in [-0.25, -0.2) is 4.98 Å². The molecule has 1 N–H and O–H groups in total. The van der Waals surface area contributed by atoms with E-state index in [0.29, 0.717) is 23.9 Å². The first kappa shape index (κ1) is 22.5. The second-order valence-corrected chi connectivity index (χ2v) is 8.63. The standard InChI is InChI=1S/C29H31N3O/c1-5-32-27(29(33)30-21(4)23-12-8-6-9-13-23)26(24-18-16-22(17-19-24)20(2)3)31-28(32)25-14-10-7-11-15-25/h6-21H,5H2,1-4H3,(H,30,33). The Morgan fingerprint density at radius 2 is 1.42 bits per heavy atom. The van der Waals surface area contributed by atoms with Crippen LogP contribution in [0.3, 0.4) is 0 Å². The molecular weight excluding hydrogens is 406 g/mol. The molecule has 4 rings (SSSR count). The third-order valence-corrected chi connectivity index (χ3v) is 6.03. The highest BCUT2D eigenvalue weighted by molar-refractivity contribution is 5.99. The Morgan fingerprint density at radius 3 is 2.00 bits per heavy atom. The summed E-state index contributed by atoms with van der Waals surface area (Å²) in [4.78, 5) is 18.6. The minimum Gasteiger partial charge on any atom is -0.344 e. The van der Waals surface area contributed by atoms with E-state index >= 15 is 0 Å². The van der Waals surface area contributed by atoms with Crippen LogP contribution in [0.5, 0.6) is 0 Å². The molecule has 4 nitrogen and oxygen atoms in total. The molecule has 3 aromatic carbocycles. The van der Waals surface area contributed by atoms with E-state index in [-0.39, 0.29) is 11.9 Å². The van der Waals surface area contributed by atoms with Crippen LogP contribution in [0.25, 0.3) is 22.6 Å². The number of nitrogens with one attached hydrogen (secondary N) is 1. The summed E-state index contributed by atoms with van der Waals surface area (Å²) in [6, 6.07) is 28.4. The summed E-state index contributed by atoms with van der Waals surface area (Å²) in [6.45, 7) is 9.06. The predicted molar refractivity (Wildman–Crippen MR) is 135 cm³/mol. The van der Waals surface area contributed by atoms with E-state index in [0.717, 1.165) is 22.5 Å². The van der Waals surface area contributed by atoms with Crippen LogP contribution in [-0.2, 0) is 6.54 Å². The number of nitrogens with zero attached hydrogens (tertiary/aromatic N) is 2. The lowest BCUT2D eigenvalue weighted by atomic mass is 10.00. The molecular formula is C29H31N3O. The lowest BCUT2D eigenvalue weighted by Crippen LogP contribution is -2.29. The van der Waals surface area contributed by atoms with Crippen LogP contribution >= 0.6 is 0 Å². The third kappa shape index (κ3) is 4.75. The maximum absolute atomic E-state index is 13.7. The second-order valence-electron chi connectivity index (χ2n) is 8.63. The fraction of sp³-hybridized carbons (Fsp3) is 0.241. The average Bonchev–Trinajstić information content (AvgIpc) is 3.25. The molecule has 0 aliphatic heterocycles. The van der Waals surface area contributed by atoms with Crippen molar-refractivity contribution in [2.24, 2.45) is 0 Å². The average molecular weight is 438 g/mol. The molecule has 1 atom stereocenters. The number of carbonyl (C=O) groups is 1. The van der Waals surface area contributed by atoms with E-state index < -0.39 is 0 Å². The first-order valence-corrected chi connectivity index (χ1v) is 11.6. The smallest absolute Gasteiger partial charge is 0.270 e. The number of amides is 1. The van der Waals surface area contributed by atoms with Crippen molar-refractivity contribution in [3.05, 3.63) is 102 Å². The molecule has 0 saturated heterocycles. The van der Waals surface area contributed by atoms with Gasteiger partial charge in [-0.1, -0.05) is 98.8 Å². The molecule has 0 saturated carbocycles. The molecule has 0 bridgehead atoms. The number of hydrogen-bond donors (Lipinski definition) is 1. The number of carbonyl (C=O) groups excluding carboxylic acids is 1. The number of hydrogen-bond acceptors (Lipinski definition) is 2. The highest BCUT2D eigenvalue weighted by atomic mass is 16.2. The molecule has 4 aromatic rings. The maximum Gasteiger partial charge on any atom is 0.270 e. The summed E-state index contributed by atoms with van der Waals surface area (Å²) in [5.74, 6) is 1.13. The van der Waals surface area contributed by atoms with Gasteiger partial charge in [0.2, 0.25) is 0 Å². The van der Waals surface area contributed by atoms with Crippen molar-refractivity contribution >= 4 is 5.91 Å². The number of benzene rings is 3. The van der Waals surface area contributed by atoms with Gasteiger partial charge in [0, 0.05) is 17.7 Å². The zero-order valence-corrected chi connectivity index (χ0v) is 19.7. The van der Waals surface area contributed by atoms with Gasteiger partial charge in [0.15, 0.2) is 0 Å². The minimum absolute atomic E-state index is 0.116. The lowest BCUT2D eigenvalue weighted by Gasteiger charge is -2.16. The van der Waals surface area contributed by atoms with Gasteiger partial charge in [-0.05, 0) is 30.9 Å². The monoisotopic (exact) mass is 437 g/mol.